The number of morpholine rings is 1. The molecule has 1 saturated heterocycles. The SMILES string of the molecule is CNS.Cc1nc2cc(-c3ccc(C4CC(N5CCOCC5)CC(C(=O)Nc5ccc(C(F)(F)F)cc5F)[C@@H]4C)cc3)ccc2n1C.O=CO. The first kappa shape index (κ1) is 38.8. The molecule has 4 aromatic rings. The Morgan fingerprint density at radius 1 is 1.04 bits per heavy atom. The van der Waals surface area contributed by atoms with E-state index in [-0.39, 0.29) is 35.9 Å². The van der Waals surface area contributed by atoms with Crippen molar-refractivity contribution >= 4 is 41.9 Å². The smallest absolute Gasteiger partial charge is 0.416 e. The Labute approximate surface area is 294 Å². The number of nitrogens with zero attached hydrogens (tertiary/aromatic N) is 3. The predicted molar refractivity (Wildman–Crippen MR) is 188 cm³/mol. The van der Waals surface area contributed by atoms with Crippen LogP contribution in [0.2, 0.25) is 0 Å². The molecule has 1 aliphatic carbocycles. The highest BCUT2D eigenvalue weighted by atomic mass is 32.1. The summed E-state index contributed by atoms with van der Waals surface area (Å²) in [6.07, 6.45) is -3.23. The molecule has 2 aliphatic rings. The van der Waals surface area contributed by atoms with Crippen LogP contribution in [0.25, 0.3) is 22.2 Å². The zero-order valence-corrected chi connectivity index (χ0v) is 29.3. The summed E-state index contributed by atoms with van der Waals surface area (Å²) in [6, 6.07) is 17.0. The fourth-order valence-electron chi connectivity index (χ4n) is 6.86. The largest absolute Gasteiger partial charge is 0.483 e. The molecule has 50 heavy (non-hydrogen) atoms. The van der Waals surface area contributed by atoms with Crippen molar-refractivity contribution < 1.29 is 37.0 Å². The fourth-order valence-corrected chi connectivity index (χ4v) is 6.86. The van der Waals surface area contributed by atoms with Crippen molar-refractivity contribution in [3.63, 3.8) is 0 Å². The molecule has 2 fully saturated rings. The van der Waals surface area contributed by atoms with Crippen LogP contribution in [0.15, 0.2) is 60.7 Å². The van der Waals surface area contributed by atoms with Crippen LogP contribution < -0.4 is 10.0 Å². The predicted octanol–water partition coefficient (Wildman–Crippen LogP) is 6.93. The van der Waals surface area contributed by atoms with Gasteiger partial charge in [-0.25, -0.2) is 9.37 Å². The number of benzene rings is 3. The van der Waals surface area contributed by atoms with Crippen LogP contribution in [0.1, 0.15) is 42.6 Å². The van der Waals surface area contributed by atoms with Crippen molar-refractivity contribution in [3.8, 4) is 11.1 Å². The molecule has 2 heterocycles. The van der Waals surface area contributed by atoms with Crippen molar-refractivity contribution in [2.45, 2.75) is 44.8 Å². The van der Waals surface area contributed by atoms with Gasteiger partial charge in [0.2, 0.25) is 5.91 Å². The first-order chi connectivity index (χ1) is 23.8. The summed E-state index contributed by atoms with van der Waals surface area (Å²) < 4.78 is 63.9. The van der Waals surface area contributed by atoms with Gasteiger partial charge in [-0.2, -0.15) is 13.2 Å². The number of halogens is 4. The molecule has 3 N–H and O–H groups in total. The summed E-state index contributed by atoms with van der Waals surface area (Å²) in [5, 5.41) is 9.49. The third-order valence-electron chi connectivity index (χ3n) is 9.55. The van der Waals surface area contributed by atoms with Gasteiger partial charge in [0.1, 0.15) is 11.6 Å². The number of thiol groups is 1. The highest BCUT2D eigenvalue weighted by molar-refractivity contribution is 7.78. The zero-order valence-electron chi connectivity index (χ0n) is 28.4. The summed E-state index contributed by atoms with van der Waals surface area (Å²) in [5.74, 6) is -1.02. The van der Waals surface area contributed by atoms with E-state index in [2.05, 4.69) is 79.8 Å². The summed E-state index contributed by atoms with van der Waals surface area (Å²) in [7, 11) is 3.74. The fraction of sp³-hybridized carbons (Fsp3) is 0.417. The van der Waals surface area contributed by atoms with E-state index in [9.17, 15) is 22.4 Å². The van der Waals surface area contributed by atoms with Gasteiger partial charge in [0, 0.05) is 32.1 Å². The van der Waals surface area contributed by atoms with Gasteiger partial charge in [0.25, 0.3) is 6.47 Å². The van der Waals surface area contributed by atoms with E-state index in [1.807, 2.05) is 20.9 Å². The number of anilines is 1. The molecule has 3 unspecified atom stereocenters. The molecule has 1 aromatic heterocycles. The molecule has 3 aromatic carbocycles. The van der Waals surface area contributed by atoms with Gasteiger partial charge in [-0.05, 0) is 85.7 Å². The number of aromatic nitrogens is 2. The van der Waals surface area contributed by atoms with Gasteiger partial charge in [-0.1, -0.05) is 50.1 Å². The highest BCUT2D eigenvalue weighted by Crippen LogP contribution is 2.44. The number of carboxylic acid groups (broad SMARTS) is 1. The van der Waals surface area contributed by atoms with Crippen molar-refractivity contribution in [1.29, 1.82) is 0 Å². The Balaban J connectivity index is 0.000000875. The average Bonchev–Trinajstić information content (AvgIpc) is 3.38. The standard InChI is InChI=1S/C34H36F4N4O2.CH5NS.CH2O2/c1-20-27(23-6-4-22(5-7-23)24-8-11-32-31(16-24)39-21(2)41(32)3)18-26(42-12-14-44-15-13-42)19-28(20)33(43)40-30-10-9-25(17-29(30)35)34(36,37)38;1-2-3;2-1-3/h4-11,16-17,20,26-28H,12-15,18-19H2,1-3H3,(H,40,43);2-3H,1H3;1H,(H,2,3)/t20-,26?,27?,28?;;/m1../s1. The number of carbonyl (C=O) groups excluding carboxylic acids is 1. The van der Waals surface area contributed by atoms with E-state index in [1.165, 1.54) is 0 Å². The Hall–Kier alpha value is -3.98. The van der Waals surface area contributed by atoms with E-state index in [1.54, 1.807) is 7.05 Å². The van der Waals surface area contributed by atoms with Gasteiger partial charge in [0.05, 0.1) is 35.5 Å². The molecule has 0 radical (unpaired) electrons. The van der Waals surface area contributed by atoms with Crippen LogP contribution in [0.5, 0.6) is 0 Å². The molecule has 1 saturated carbocycles. The summed E-state index contributed by atoms with van der Waals surface area (Å²) in [4.78, 5) is 29.0. The number of rotatable bonds is 5. The van der Waals surface area contributed by atoms with Crippen molar-refractivity contribution in [1.82, 2.24) is 19.2 Å². The summed E-state index contributed by atoms with van der Waals surface area (Å²) in [6.45, 7) is 6.55. The Morgan fingerprint density at radius 3 is 2.26 bits per heavy atom. The van der Waals surface area contributed by atoms with E-state index >= 15 is 0 Å². The molecule has 1 aliphatic heterocycles. The lowest BCUT2D eigenvalue weighted by atomic mass is 9.67. The number of amides is 1. The van der Waals surface area contributed by atoms with Crippen molar-refractivity contribution in [2.75, 3.05) is 38.7 Å². The van der Waals surface area contributed by atoms with Crippen LogP contribution in [-0.4, -0.2) is 71.3 Å². The topological polar surface area (TPSA) is 109 Å². The maximum absolute atomic E-state index is 14.7. The molecular formula is C36H43F4N5O4S. The number of nitrogens with one attached hydrogen (secondary N) is 2. The zero-order chi connectivity index (χ0) is 36.6. The second kappa shape index (κ2) is 17.3. The number of ether oxygens (including phenoxy) is 1. The van der Waals surface area contributed by atoms with Crippen LogP contribution in [0.3, 0.4) is 0 Å². The van der Waals surface area contributed by atoms with E-state index in [0.29, 0.717) is 25.7 Å². The lowest BCUT2D eigenvalue weighted by molar-refractivity contribution is -0.137. The van der Waals surface area contributed by atoms with Gasteiger partial charge in [0.15, 0.2) is 0 Å². The number of carbonyl (C=O) groups is 2. The van der Waals surface area contributed by atoms with Crippen LogP contribution >= 0.6 is 12.8 Å². The molecule has 0 bridgehead atoms. The first-order valence-electron chi connectivity index (χ1n) is 16.2. The maximum atomic E-state index is 14.7. The molecule has 4 atom stereocenters. The van der Waals surface area contributed by atoms with Crippen molar-refractivity contribution in [2.24, 2.45) is 18.9 Å². The van der Waals surface area contributed by atoms with Crippen LogP contribution in [0, 0.1) is 24.6 Å². The van der Waals surface area contributed by atoms with Gasteiger partial charge < -0.3 is 19.7 Å². The van der Waals surface area contributed by atoms with Crippen LogP contribution in [0.4, 0.5) is 23.2 Å². The van der Waals surface area contributed by atoms with Gasteiger partial charge in [-0.15, -0.1) is 0 Å². The quantitative estimate of drug-likeness (QED) is 0.101. The number of fused-ring (bicyclic) bond motifs is 1. The third-order valence-corrected chi connectivity index (χ3v) is 9.55. The minimum Gasteiger partial charge on any atom is -0.483 e. The molecule has 9 nitrogen and oxygen atoms in total. The molecule has 6 rings (SSSR count). The second-order valence-corrected chi connectivity index (χ2v) is 12.8. The molecule has 270 valence electrons. The molecule has 1 amide bonds. The summed E-state index contributed by atoms with van der Waals surface area (Å²) >= 11 is 3.54. The first-order valence-corrected chi connectivity index (χ1v) is 16.7. The number of alkyl halides is 3. The second-order valence-electron chi connectivity index (χ2n) is 12.4. The molecule has 0 spiro atoms. The Kier molecular flexibility index (Phi) is 13.4. The monoisotopic (exact) mass is 717 g/mol. The van der Waals surface area contributed by atoms with Gasteiger partial charge in [-0.3, -0.25) is 19.2 Å². The van der Waals surface area contributed by atoms with Gasteiger partial charge >= 0.3 is 6.18 Å². The van der Waals surface area contributed by atoms with Crippen molar-refractivity contribution in [3.05, 3.63) is 83.4 Å². The van der Waals surface area contributed by atoms with E-state index in [0.717, 1.165) is 65.2 Å². The molecule has 14 heteroatoms. The lowest BCUT2D eigenvalue weighted by Crippen LogP contribution is -2.50. The minimum atomic E-state index is -4.67. The third kappa shape index (κ3) is 9.22. The normalized spacial score (nSPS) is 21.0. The van der Waals surface area contributed by atoms with E-state index in [4.69, 9.17) is 14.6 Å². The lowest BCUT2D eigenvalue weighted by Gasteiger charge is -2.45. The average molecular weight is 718 g/mol. The number of hydrogen-bond acceptors (Lipinski definition) is 7. The summed E-state index contributed by atoms with van der Waals surface area (Å²) in [5.41, 5.74) is 3.94. The highest BCUT2D eigenvalue weighted by Gasteiger charge is 2.42. The van der Waals surface area contributed by atoms with Crippen LogP contribution in [-0.2, 0) is 27.5 Å². The van der Waals surface area contributed by atoms with E-state index < -0.39 is 23.5 Å². The minimum absolute atomic E-state index is 0.0553. The maximum Gasteiger partial charge on any atom is 0.416 e. The molecular weight excluding hydrogens is 674 g/mol. The number of imidazole rings is 1. The number of aryl methyl sites for hydroxylation is 2. The number of hydrogen-bond donors (Lipinski definition) is 4. The Morgan fingerprint density at radius 2 is 1.66 bits per heavy atom. The Bertz CT molecular complexity index is 1750.